The van der Waals surface area contributed by atoms with Crippen LogP contribution in [0.25, 0.3) is 0 Å². The van der Waals surface area contributed by atoms with Gasteiger partial charge in [0, 0.05) is 11.5 Å². The SMILES string of the molecule is CC(=O)C1CCCN(C(C)(C)C)CC1. The molecule has 0 N–H and O–H groups in total. The van der Waals surface area contributed by atoms with Gasteiger partial charge in [-0.25, -0.2) is 0 Å². The molecule has 0 radical (unpaired) electrons. The molecule has 1 fully saturated rings. The molecule has 2 heteroatoms. The van der Waals surface area contributed by atoms with Gasteiger partial charge in [-0.15, -0.1) is 0 Å². The highest BCUT2D eigenvalue weighted by Gasteiger charge is 2.26. The molecule has 14 heavy (non-hydrogen) atoms. The van der Waals surface area contributed by atoms with Crippen molar-refractivity contribution >= 4 is 5.78 Å². The molecule has 0 amide bonds. The first-order chi connectivity index (χ1) is 6.41. The number of nitrogens with zero attached hydrogens (tertiary/aromatic N) is 1. The van der Waals surface area contributed by atoms with Gasteiger partial charge >= 0.3 is 0 Å². The van der Waals surface area contributed by atoms with Gasteiger partial charge in [-0.1, -0.05) is 0 Å². The van der Waals surface area contributed by atoms with Gasteiger partial charge in [-0.2, -0.15) is 0 Å². The van der Waals surface area contributed by atoms with Crippen LogP contribution in [0, 0.1) is 5.92 Å². The summed E-state index contributed by atoms with van der Waals surface area (Å²) in [6, 6.07) is 0. The molecule has 0 spiro atoms. The molecule has 1 aliphatic heterocycles. The lowest BCUT2D eigenvalue weighted by Crippen LogP contribution is -2.41. The number of Topliss-reactive ketones (excluding diaryl/α,β-unsaturated/α-hetero) is 1. The van der Waals surface area contributed by atoms with Crippen LogP contribution in [-0.2, 0) is 4.79 Å². The Balaban J connectivity index is 2.53. The third kappa shape index (κ3) is 3.09. The molecule has 0 saturated carbocycles. The van der Waals surface area contributed by atoms with E-state index >= 15 is 0 Å². The zero-order valence-corrected chi connectivity index (χ0v) is 9.97. The summed E-state index contributed by atoms with van der Waals surface area (Å²) in [4.78, 5) is 13.8. The van der Waals surface area contributed by atoms with E-state index in [1.54, 1.807) is 6.92 Å². The Morgan fingerprint density at radius 2 is 1.86 bits per heavy atom. The van der Waals surface area contributed by atoms with Gasteiger partial charge in [0.05, 0.1) is 0 Å². The van der Waals surface area contributed by atoms with Gasteiger partial charge in [0.15, 0.2) is 0 Å². The molecule has 0 aliphatic carbocycles. The molecule has 0 aromatic carbocycles. The number of likely N-dealkylation sites (tertiary alicyclic amines) is 1. The fourth-order valence-electron chi connectivity index (χ4n) is 2.17. The Bertz CT molecular complexity index is 205. The van der Waals surface area contributed by atoms with Crippen molar-refractivity contribution in [3.05, 3.63) is 0 Å². The van der Waals surface area contributed by atoms with E-state index in [0.717, 1.165) is 25.9 Å². The third-order valence-corrected chi connectivity index (χ3v) is 3.25. The fourth-order valence-corrected chi connectivity index (χ4v) is 2.17. The summed E-state index contributed by atoms with van der Waals surface area (Å²) >= 11 is 0. The Morgan fingerprint density at radius 1 is 1.21 bits per heavy atom. The van der Waals surface area contributed by atoms with Crippen molar-refractivity contribution in [2.75, 3.05) is 13.1 Å². The number of hydrogen-bond donors (Lipinski definition) is 0. The maximum absolute atomic E-state index is 11.3. The normalized spacial score (nSPS) is 25.9. The predicted octanol–water partition coefficient (Wildman–Crippen LogP) is 2.48. The van der Waals surface area contributed by atoms with E-state index in [2.05, 4.69) is 25.7 Å². The second-order valence-corrected chi connectivity index (χ2v) is 5.40. The smallest absolute Gasteiger partial charge is 0.132 e. The van der Waals surface area contributed by atoms with Crippen LogP contribution in [-0.4, -0.2) is 29.3 Å². The van der Waals surface area contributed by atoms with Crippen molar-refractivity contribution in [1.82, 2.24) is 4.90 Å². The summed E-state index contributed by atoms with van der Waals surface area (Å²) in [7, 11) is 0. The zero-order valence-electron chi connectivity index (χ0n) is 9.97. The van der Waals surface area contributed by atoms with Crippen LogP contribution in [0.2, 0.25) is 0 Å². The van der Waals surface area contributed by atoms with Crippen LogP contribution in [0.3, 0.4) is 0 Å². The molecule has 1 heterocycles. The van der Waals surface area contributed by atoms with Crippen molar-refractivity contribution in [3.8, 4) is 0 Å². The van der Waals surface area contributed by atoms with Gasteiger partial charge in [-0.3, -0.25) is 9.69 Å². The molecule has 1 unspecified atom stereocenters. The van der Waals surface area contributed by atoms with Crippen LogP contribution in [0.5, 0.6) is 0 Å². The minimum atomic E-state index is 0.256. The second kappa shape index (κ2) is 4.43. The Labute approximate surface area is 87.7 Å². The standard InChI is InChI=1S/C12H23NO/c1-10(14)11-6-5-8-13(9-7-11)12(2,3)4/h11H,5-9H2,1-4H3. The third-order valence-electron chi connectivity index (χ3n) is 3.25. The molecule has 0 aromatic rings. The fraction of sp³-hybridized carbons (Fsp3) is 0.917. The average Bonchev–Trinajstić information content (AvgIpc) is 2.26. The average molecular weight is 197 g/mol. The minimum absolute atomic E-state index is 0.256. The predicted molar refractivity (Wildman–Crippen MR) is 59.3 cm³/mol. The number of ketones is 1. The Kier molecular flexibility index (Phi) is 3.71. The molecule has 0 bridgehead atoms. The molecule has 0 aromatic heterocycles. The van der Waals surface area contributed by atoms with Crippen LogP contribution in [0.15, 0.2) is 0 Å². The quantitative estimate of drug-likeness (QED) is 0.643. The highest BCUT2D eigenvalue weighted by Crippen LogP contribution is 2.23. The lowest BCUT2D eigenvalue weighted by atomic mass is 9.97. The van der Waals surface area contributed by atoms with Gasteiger partial charge in [0.25, 0.3) is 0 Å². The molecular formula is C12H23NO. The zero-order chi connectivity index (χ0) is 10.8. The molecule has 1 atom stereocenters. The number of carbonyl (C=O) groups excluding carboxylic acids is 1. The topological polar surface area (TPSA) is 20.3 Å². The summed E-state index contributed by atoms with van der Waals surface area (Å²) in [6.07, 6.45) is 3.30. The summed E-state index contributed by atoms with van der Waals surface area (Å²) in [6.45, 7) is 10.7. The van der Waals surface area contributed by atoms with Crippen molar-refractivity contribution in [2.24, 2.45) is 5.92 Å². The largest absolute Gasteiger partial charge is 0.300 e. The molecule has 2 nitrogen and oxygen atoms in total. The second-order valence-electron chi connectivity index (χ2n) is 5.40. The summed E-state index contributed by atoms with van der Waals surface area (Å²) in [5.74, 6) is 0.697. The van der Waals surface area contributed by atoms with Crippen molar-refractivity contribution in [1.29, 1.82) is 0 Å². The maximum Gasteiger partial charge on any atom is 0.132 e. The van der Waals surface area contributed by atoms with Crippen LogP contribution < -0.4 is 0 Å². The highest BCUT2D eigenvalue weighted by atomic mass is 16.1. The molecule has 82 valence electrons. The van der Waals surface area contributed by atoms with Crippen molar-refractivity contribution in [2.45, 2.75) is 52.5 Å². The highest BCUT2D eigenvalue weighted by molar-refractivity contribution is 5.78. The monoisotopic (exact) mass is 197 g/mol. The van der Waals surface area contributed by atoms with Crippen molar-refractivity contribution < 1.29 is 4.79 Å². The van der Waals surface area contributed by atoms with Crippen LogP contribution in [0.1, 0.15) is 47.0 Å². The summed E-state index contributed by atoms with van der Waals surface area (Å²) < 4.78 is 0. The molecule has 1 rings (SSSR count). The van der Waals surface area contributed by atoms with E-state index in [0.29, 0.717) is 11.7 Å². The summed E-state index contributed by atoms with van der Waals surface area (Å²) in [5, 5.41) is 0. The van der Waals surface area contributed by atoms with Crippen LogP contribution >= 0.6 is 0 Å². The Morgan fingerprint density at radius 3 is 2.36 bits per heavy atom. The molecular weight excluding hydrogens is 174 g/mol. The first kappa shape index (κ1) is 11.7. The van der Waals surface area contributed by atoms with E-state index in [4.69, 9.17) is 0 Å². The van der Waals surface area contributed by atoms with Gasteiger partial charge in [0.2, 0.25) is 0 Å². The van der Waals surface area contributed by atoms with E-state index in [1.165, 1.54) is 6.42 Å². The minimum Gasteiger partial charge on any atom is -0.300 e. The van der Waals surface area contributed by atoms with E-state index in [1.807, 2.05) is 0 Å². The first-order valence-corrected chi connectivity index (χ1v) is 5.67. The number of hydrogen-bond acceptors (Lipinski definition) is 2. The van der Waals surface area contributed by atoms with E-state index < -0.39 is 0 Å². The Hall–Kier alpha value is -0.370. The van der Waals surface area contributed by atoms with E-state index in [9.17, 15) is 4.79 Å². The van der Waals surface area contributed by atoms with Crippen molar-refractivity contribution in [3.63, 3.8) is 0 Å². The van der Waals surface area contributed by atoms with Crippen LogP contribution in [0.4, 0.5) is 0 Å². The lowest BCUT2D eigenvalue weighted by Gasteiger charge is -2.34. The van der Waals surface area contributed by atoms with Gasteiger partial charge < -0.3 is 0 Å². The van der Waals surface area contributed by atoms with Gasteiger partial charge in [0.1, 0.15) is 5.78 Å². The summed E-state index contributed by atoms with van der Waals surface area (Å²) in [5.41, 5.74) is 0.256. The van der Waals surface area contributed by atoms with Gasteiger partial charge in [-0.05, 0) is 60.0 Å². The molecule has 1 saturated heterocycles. The number of rotatable bonds is 1. The first-order valence-electron chi connectivity index (χ1n) is 5.67. The maximum atomic E-state index is 11.3. The molecule has 1 aliphatic rings. The number of carbonyl (C=O) groups is 1. The lowest BCUT2D eigenvalue weighted by molar-refractivity contribution is -0.121. The van der Waals surface area contributed by atoms with E-state index in [-0.39, 0.29) is 5.54 Å².